The van der Waals surface area contributed by atoms with Crippen LogP contribution in [0.4, 0.5) is 5.69 Å². The van der Waals surface area contributed by atoms with Crippen LogP contribution in [0.5, 0.6) is 0 Å². The van der Waals surface area contributed by atoms with Crippen molar-refractivity contribution in [1.29, 1.82) is 0 Å². The zero-order valence-electron chi connectivity index (χ0n) is 10.8. The first kappa shape index (κ1) is 17.5. The van der Waals surface area contributed by atoms with Crippen LogP contribution in [-0.4, -0.2) is 42.4 Å². The van der Waals surface area contributed by atoms with Crippen molar-refractivity contribution in [2.45, 2.75) is 0 Å². The molecule has 0 atom stereocenters. The van der Waals surface area contributed by atoms with Crippen molar-refractivity contribution in [1.82, 2.24) is 4.72 Å². The third-order valence-corrected chi connectivity index (χ3v) is 4.57. The van der Waals surface area contributed by atoms with Gasteiger partial charge in [0.25, 0.3) is 0 Å². The Morgan fingerprint density at radius 2 is 1.55 bits per heavy atom. The maximum absolute atomic E-state index is 11.8. The Morgan fingerprint density at radius 1 is 1.05 bits per heavy atom. The fraction of sp³-hybridized carbons (Fsp3) is 0.400. The minimum Gasteiger partial charge on any atom is -0.269 e. The van der Waals surface area contributed by atoms with Crippen LogP contribution in [0, 0.1) is 0 Å². The SMILES string of the molecule is CS(=O)(=O)NCCN(c1cc(Cl)cc(Cl)c1)S(C)(=O)=O. The molecule has 1 aromatic rings. The first-order valence-corrected chi connectivity index (χ1v) is 9.87. The summed E-state index contributed by atoms with van der Waals surface area (Å²) in [6.45, 7) is -0.126. The van der Waals surface area contributed by atoms with E-state index in [0.717, 1.165) is 16.8 Å². The van der Waals surface area contributed by atoms with Gasteiger partial charge in [0.1, 0.15) is 0 Å². The van der Waals surface area contributed by atoms with E-state index in [-0.39, 0.29) is 28.8 Å². The smallest absolute Gasteiger partial charge is 0.232 e. The average molecular weight is 361 g/mol. The molecule has 0 fully saturated rings. The topological polar surface area (TPSA) is 83.6 Å². The molecule has 10 heteroatoms. The molecular formula is C10H14Cl2N2O4S2. The van der Waals surface area contributed by atoms with Crippen molar-refractivity contribution in [3.63, 3.8) is 0 Å². The number of nitrogens with zero attached hydrogens (tertiary/aromatic N) is 1. The van der Waals surface area contributed by atoms with Gasteiger partial charge in [0, 0.05) is 23.1 Å². The van der Waals surface area contributed by atoms with Gasteiger partial charge in [0.05, 0.1) is 18.2 Å². The van der Waals surface area contributed by atoms with Crippen molar-refractivity contribution >= 4 is 48.9 Å². The fourth-order valence-corrected chi connectivity index (χ4v) is 3.39. The van der Waals surface area contributed by atoms with Gasteiger partial charge in [-0.2, -0.15) is 0 Å². The molecule has 114 valence electrons. The summed E-state index contributed by atoms with van der Waals surface area (Å²) in [5.41, 5.74) is 0.278. The highest BCUT2D eigenvalue weighted by Gasteiger charge is 2.18. The first-order chi connectivity index (χ1) is 8.99. The van der Waals surface area contributed by atoms with E-state index in [0.29, 0.717) is 0 Å². The zero-order valence-corrected chi connectivity index (χ0v) is 13.9. The van der Waals surface area contributed by atoms with Gasteiger partial charge in [-0.15, -0.1) is 0 Å². The van der Waals surface area contributed by atoms with Crippen LogP contribution in [0.25, 0.3) is 0 Å². The number of anilines is 1. The van der Waals surface area contributed by atoms with Crippen LogP contribution >= 0.6 is 23.2 Å². The van der Waals surface area contributed by atoms with E-state index in [1.807, 2.05) is 0 Å². The molecule has 0 aliphatic heterocycles. The Hall–Kier alpha value is -0.540. The van der Waals surface area contributed by atoms with Crippen LogP contribution < -0.4 is 9.03 Å². The van der Waals surface area contributed by atoms with E-state index >= 15 is 0 Å². The second-order valence-corrected chi connectivity index (χ2v) is 8.74. The monoisotopic (exact) mass is 360 g/mol. The summed E-state index contributed by atoms with van der Waals surface area (Å²) in [5.74, 6) is 0. The molecule has 0 radical (unpaired) electrons. The predicted octanol–water partition coefficient (Wildman–Crippen LogP) is 1.31. The molecule has 1 aromatic carbocycles. The average Bonchev–Trinajstić information content (AvgIpc) is 2.19. The van der Waals surface area contributed by atoms with Crippen molar-refractivity contribution in [3.8, 4) is 0 Å². The molecule has 0 amide bonds. The number of halogens is 2. The lowest BCUT2D eigenvalue weighted by molar-refractivity contribution is 0.583. The molecule has 20 heavy (non-hydrogen) atoms. The Kier molecular flexibility index (Phi) is 5.68. The second kappa shape index (κ2) is 6.48. The highest BCUT2D eigenvalue weighted by Crippen LogP contribution is 2.26. The van der Waals surface area contributed by atoms with Gasteiger partial charge < -0.3 is 0 Å². The fourth-order valence-electron chi connectivity index (χ4n) is 1.50. The van der Waals surface area contributed by atoms with Crippen LogP contribution in [0.3, 0.4) is 0 Å². The van der Waals surface area contributed by atoms with Crippen molar-refractivity contribution in [2.24, 2.45) is 0 Å². The van der Waals surface area contributed by atoms with Gasteiger partial charge in [-0.3, -0.25) is 4.31 Å². The van der Waals surface area contributed by atoms with E-state index in [4.69, 9.17) is 23.2 Å². The van der Waals surface area contributed by atoms with Crippen molar-refractivity contribution < 1.29 is 16.8 Å². The Morgan fingerprint density at radius 3 is 1.95 bits per heavy atom. The molecule has 0 aliphatic rings. The predicted molar refractivity (Wildman–Crippen MR) is 81.5 cm³/mol. The van der Waals surface area contributed by atoms with Gasteiger partial charge in [-0.1, -0.05) is 23.2 Å². The molecule has 1 N–H and O–H groups in total. The van der Waals surface area contributed by atoms with E-state index < -0.39 is 20.0 Å². The Bertz CT molecular complexity index is 669. The van der Waals surface area contributed by atoms with E-state index in [1.165, 1.54) is 18.2 Å². The molecule has 0 aromatic heterocycles. The first-order valence-electron chi connectivity index (χ1n) is 5.37. The third-order valence-electron chi connectivity index (χ3n) is 2.21. The van der Waals surface area contributed by atoms with Crippen LogP contribution in [0.15, 0.2) is 18.2 Å². The van der Waals surface area contributed by atoms with Crippen molar-refractivity contribution in [3.05, 3.63) is 28.2 Å². The number of nitrogens with one attached hydrogen (secondary N) is 1. The molecule has 0 spiro atoms. The standard InChI is InChI=1S/C10H14Cl2N2O4S2/c1-19(15,16)13-3-4-14(20(2,17)18)10-6-8(11)5-9(12)7-10/h5-7,13H,3-4H2,1-2H3. The Balaban J connectivity index is 3.02. The molecule has 6 nitrogen and oxygen atoms in total. The number of benzene rings is 1. The van der Waals surface area contributed by atoms with Crippen LogP contribution in [0.1, 0.15) is 0 Å². The molecule has 0 saturated carbocycles. The molecule has 0 bridgehead atoms. The highest BCUT2D eigenvalue weighted by atomic mass is 35.5. The summed E-state index contributed by atoms with van der Waals surface area (Å²) in [5, 5.41) is 0.578. The second-order valence-electron chi connectivity index (χ2n) is 4.13. The minimum atomic E-state index is -3.59. The molecule has 0 saturated heterocycles. The molecule has 0 heterocycles. The maximum atomic E-state index is 11.8. The van der Waals surface area contributed by atoms with Crippen molar-refractivity contribution in [2.75, 3.05) is 29.9 Å². The highest BCUT2D eigenvalue weighted by molar-refractivity contribution is 7.92. The molecule has 0 unspecified atom stereocenters. The third kappa shape index (κ3) is 5.84. The maximum Gasteiger partial charge on any atom is 0.232 e. The van der Waals surface area contributed by atoms with Gasteiger partial charge in [-0.05, 0) is 18.2 Å². The van der Waals surface area contributed by atoms with Gasteiger partial charge in [0.15, 0.2) is 0 Å². The van der Waals surface area contributed by atoms with Gasteiger partial charge >= 0.3 is 0 Å². The largest absolute Gasteiger partial charge is 0.269 e. The number of sulfonamides is 2. The van der Waals surface area contributed by atoms with Gasteiger partial charge in [0.2, 0.25) is 20.0 Å². The molecule has 1 rings (SSSR count). The van der Waals surface area contributed by atoms with E-state index in [9.17, 15) is 16.8 Å². The minimum absolute atomic E-state index is 0.0595. The summed E-state index contributed by atoms with van der Waals surface area (Å²) in [7, 11) is -6.98. The summed E-state index contributed by atoms with van der Waals surface area (Å²) in [6, 6.07) is 4.35. The lowest BCUT2D eigenvalue weighted by Crippen LogP contribution is -2.37. The molecule has 0 aliphatic carbocycles. The Labute approximate surface area is 128 Å². The lowest BCUT2D eigenvalue weighted by Gasteiger charge is -2.22. The van der Waals surface area contributed by atoms with E-state index in [2.05, 4.69) is 4.72 Å². The number of hydrogen-bond acceptors (Lipinski definition) is 4. The van der Waals surface area contributed by atoms with E-state index in [1.54, 1.807) is 0 Å². The van der Waals surface area contributed by atoms with Gasteiger partial charge in [-0.25, -0.2) is 21.6 Å². The van der Waals surface area contributed by atoms with Crippen LogP contribution in [-0.2, 0) is 20.0 Å². The molecular weight excluding hydrogens is 347 g/mol. The zero-order chi connectivity index (χ0) is 15.6. The summed E-state index contributed by atoms with van der Waals surface area (Å²) < 4.78 is 48.8. The quantitative estimate of drug-likeness (QED) is 0.828. The number of rotatable bonds is 6. The van der Waals surface area contributed by atoms with Crippen LogP contribution in [0.2, 0.25) is 10.0 Å². The lowest BCUT2D eigenvalue weighted by atomic mass is 10.3. The number of hydrogen-bond donors (Lipinski definition) is 1. The summed E-state index contributed by atoms with van der Waals surface area (Å²) in [4.78, 5) is 0. The summed E-state index contributed by atoms with van der Waals surface area (Å²) >= 11 is 11.7. The summed E-state index contributed by atoms with van der Waals surface area (Å²) in [6.07, 6.45) is 2.01. The normalized spacial score (nSPS) is 12.4.